The predicted octanol–water partition coefficient (Wildman–Crippen LogP) is 0.157. The predicted molar refractivity (Wildman–Crippen MR) is 66.1 cm³/mol. The van der Waals surface area contributed by atoms with E-state index in [1.807, 2.05) is 0 Å². The third-order valence-electron chi connectivity index (χ3n) is 3.41. The van der Waals surface area contributed by atoms with E-state index in [1.165, 1.54) is 12.8 Å². The fraction of sp³-hybridized carbons (Fsp3) is 0.818. The molecule has 2 fully saturated rings. The Morgan fingerprint density at radius 2 is 2.12 bits per heavy atom. The second kappa shape index (κ2) is 5.73. The van der Waals surface area contributed by atoms with Crippen molar-refractivity contribution >= 4 is 23.6 Å². The number of carbonyl (C=O) groups is 2. The molecule has 2 saturated heterocycles. The van der Waals surface area contributed by atoms with Crippen LogP contribution in [-0.2, 0) is 9.59 Å². The molecule has 2 rings (SSSR count). The minimum atomic E-state index is -0.870. The molecule has 2 unspecified atom stereocenters. The van der Waals surface area contributed by atoms with E-state index in [9.17, 15) is 9.59 Å². The molecule has 2 aliphatic rings. The number of carboxylic acid groups (broad SMARTS) is 1. The van der Waals surface area contributed by atoms with E-state index in [0.29, 0.717) is 6.04 Å². The lowest BCUT2D eigenvalue weighted by Crippen LogP contribution is -2.43. The summed E-state index contributed by atoms with van der Waals surface area (Å²) >= 11 is 1.15. The van der Waals surface area contributed by atoms with Gasteiger partial charge in [-0.1, -0.05) is 0 Å². The smallest absolute Gasteiger partial charge is 0.313 e. The van der Waals surface area contributed by atoms with E-state index >= 15 is 0 Å². The molecule has 0 spiro atoms. The van der Waals surface area contributed by atoms with Crippen LogP contribution in [0.5, 0.6) is 0 Å². The lowest BCUT2D eigenvalue weighted by atomic mass is 10.1. The van der Waals surface area contributed by atoms with Gasteiger partial charge in [-0.05, 0) is 25.8 Å². The molecule has 2 N–H and O–H groups in total. The largest absolute Gasteiger partial charge is 0.481 e. The molecular formula is C11H18N2O3S. The van der Waals surface area contributed by atoms with Crippen LogP contribution in [0.3, 0.4) is 0 Å². The van der Waals surface area contributed by atoms with Crippen molar-refractivity contribution in [1.29, 1.82) is 0 Å². The summed E-state index contributed by atoms with van der Waals surface area (Å²) in [7, 11) is 0. The molecule has 96 valence electrons. The molecule has 0 aromatic carbocycles. The van der Waals surface area contributed by atoms with Gasteiger partial charge in [0.2, 0.25) is 5.91 Å². The number of aliphatic carboxylic acids is 1. The summed E-state index contributed by atoms with van der Waals surface area (Å²) in [6.07, 6.45) is 3.43. The Balaban J connectivity index is 1.70. The number of thioether (sulfide) groups is 1. The van der Waals surface area contributed by atoms with Gasteiger partial charge in [-0.3, -0.25) is 14.5 Å². The summed E-state index contributed by atoms with van der Waals surface area (Å²) in [5.74, 6) is -0.663. The summed E-state index contributed by atoms with van der Waals surface area (Å²) in [6.45, 7) is 2.24. The van der Waals surface area contributed by atoms with Gasteiger partial charge in [0.05, 0.1) is 11.5 Å². The Kier molecular flexibility index (Phi) is 4.28. The van der Waals surface area contributed by atoms with Crippen molar-refractivity contribution in [2.75, 3.05) is 24.6 Å². The summed E-state index contributed by atoms with van der Waals surface area (Å²) in [5.41, 5.74) is 0. The lowest BCUT2D eigenvalue weighted by Gasteiger charge is -2.21. The van der Waals surface area contributed by atoms with Crippen LogP contribution in [-0.4, -0.2) is 58.6 Å². The molecule has 0 saturated carbocycles. The standard InChI is InChI=1S/C11H18N2O3S/c14-10(6-17-7-11(15)16)12-8-3-5-13-4-1-2-9(8)13/h8-9H,1-7H2,(H,12,14)(H,15,16). The van der Waals surface area contributed by atoms with Gasteiger partial charge in [-0.2, -0.15) is 0 Å². The number of nitrogens with one attached hydrogen (secondary N) is 1. The Hall–Kier alpha value is -0.750. The van der Waals surface area contributed by atoms with Crippen LogP contribution in [0, 0.1) is 0 Å². The van der Waals surface area contributed by atoms with Crippen LogP contribution in [0.2, 0.25) is 0 Å². The molecular weight excluding hydrogens is 240 g/mol. The minimum Gasteiger partial charge on any atom is -0.481 e. The quantitative estimate of drug-likeness (QED) is 0.735. The van der Waals surface area contributed by atoms with Gasteiger partial charge in [0, 0.05) is 18.6 Å². The molecule has 0 aromatic rings. The van der Waals surface area contributed by atoms with E-state index in [4.69, 9.17) is 5.11 Å². The maximum atomic E-state index is 11.6. The van der Waals surface area contributed by atoms with E-state index < -0.39 is 5.97 Å². The maximum absolute atomic E-state index is 11.6. The molecule has 1 amide bonds. The third-order valence-corrected chi connectivity index (χ3v) is 4.33. The van der Waals surface area contributed by atoms with Gasteiger partial charge in [0.1, 0.15) is 0 Å². The van der Waals surface area contributed by atoms with Crippen LogP contribution in [0.25, 0.3) is 0 Å². The molecule has 0 aliphatic carbocycles. The fourth-order valence-electron chi connectivity index (χ4n) is 2.73. The van der Waals surface area contributed by atoms with Crippen LogP contribution in [0.1, 0.15) is 19.3 Å². The zero-order chi connectivity index (χ0) is 12.3. The molecule has 0 bridgehead atoms. The van der Waals surface area contributed by atoms with Crippen molar-refractivity contribution in [2.24, 2.45) is 0 Å². The van der Waals surface area contributed by atoms with Crippen LogP contribution < -0.4 is 5.32 Å². The highest BCUT2D eigenvalue weighted by molar-refractivity contribution is 8.00. The zero-order valence-corrected chi connectivity index (χ0v) is 10.5. The highest BCUT2D eigenvalue weighted by Crippen LogP contribution is 2.27. The first-order valence-electron chi connectivity index (χ1n) is 6.00. The van der Waals surface area contributed by atoms with E-state index in [1.54, 1.807) is 0 Å². The molecule has 0 radical (unpaired) electrons. The topological polar surface area (TPSA) is 69.6 Å². The zero-order valence-electron chi connectivity index (χ0n) is 9.72. The normalized spacial score (nSPS) is 28.0. The molecule has 0 aromatic heterocycles. The van der Waals surface area contributed by atoms with Crippen molar-refractivity contribution in [1.82, 2.24) is 10.2 Å². The molecule has 2 atom stereocenters. The fourth-order valence-corrected chi connectivity index (χ4v) is 3.28. The van der Waals surface area contributed by atoms with Crippen molar-refractivity contribution in [3.05, 3.63) is 0 Å². The Morgan fingerprint density at radius 1 is 1.29 bits per heavy atom. The van der Waals surface area contributed by atoms with Crippen LogP contribution in [0.4, 0.5) is 0 Å². The van der Waals surface area contributed by atoms with Crippen molar-refractivity contribution in [2.45, 2.75) is 31.3 Å². The SMILES string of the molecule is O=C(O)CSCC(=O)NC1CCN2CCCC12. The lowest BCUT2D eigenvalue weighted by molar-refractivity contribution is -0.133. The molecule has 2 aliphatic heterocycles. The number of carbonyl (C=O) groups excluding carboxylic acids is 1. The van der Waals surface area contributed by atoms with Crippen LogP contribution >= 0.6 is 11.8 Å². The average Bonchev–Trinajstić information content (AvgIpc) is 2.82. The van der Waals surface area contributed by atoms with Crippen molar-refractivity contribution in [3.8, 4) is 0 Å². The number of amides is 1. The molecule has 17 heavy (non-hydrogen) atoms. The van der Waals surface area contributed by atoms with Gasteiger partial charge in [0.25, 0.3) is 0 Å². The first kappa shape index (κ1) is 12.7. The second-order valence-corrected chi connectivity index (χ2v) is 5.58. The number of nitrogens with zero attached hydrogens (tertiary/aromatic N) is 1. The minimum absolute atomic E-state index is 0.00631. The number of hydrogen-bond donors (Lipinski definition) is 2. The van der Waals surface area contributed by atoms with Crippen molar-refractivity contribution < 1.29 is 14.7 Å². The van der Waals surface area contributed by atoms with Gasteiger partial charge >= 0.3 is 5.97 Å². The number of rotatable bonds is 5. The second-order valence-electron chi connectivity index (χ2n) is 4.59. The number of fused-ring (bicyclic) bond motifs is 1. The summed E-state index contributed by atoms with van der Waals surface area (Å²) < 4.78 is 0. The number of carboxylic acids is 1. The Morgan fingerprint density at radius 3 is 2.88 bits per heavy atom. The van der Waals surface area contributed by atoms with Crippen LogP contribution in [0.15, 0.2) is 0 Å². The number of hydrogen-bond acceptors (Lipinski definition) is 4. The molecule has 5 nitrogen and oxygen atoms in total. The van der Waals surface area contributed by atoms with Crippen molar-refractivity contribution in [3.63, 3.8) is 0 Å². The Bertz CT molecular complexity index is 311. The van der Waals surface area contributed by atoms with E-state index in [0.717, 1.165) is 31.3 Å². The van der Waals surface area contributed by atoms with Gasteiger partial charge < -0.3 is 10.4 Å². The average molecular weight is 258 g/mol. The highest BCUT2D eigenvalue weighted by Gasteiger charge is 2.37. The third kappa shape index (κ3) is 3.35. The summed E-state index contributed by atoms with van der Waals surface area (Å²) in [4.78, 5) is 24.4. The maximum Gasteiger partial charge on any atom is 0.313 e. The Labute approximate surface area is 105 Å². The summed E-state index contributed by atoms with van der Waals surface area (Å²) in [5, 5.41) is 11.5. The van der Waals surface area contributed by atoms with Gasteiger partial charge in [0.15, 0.2) is 0 Å². The monoisotopic (exact) mass is 258 g/mol. The summed E-state index contributed by atoms with van der Waals surface area (Å²) in [6, 6.07) is 0.791. The first-order valence-corrected chi connectivity index (χ1v) is 7.15. The molecule has 6 heteroatoms. The highest BCUT2D eigenvalue weighted by atomic mass is 32.2. The van der Waals surface area contributed by atoms with E-state index in [2.05, 4.69) is 10.2 Å². The van der Waals surface area contributed by atoms with E-state index in [-0.39, 0.29) is 23.5 Å². The molecule has 2 heterocycles. The van der Waals surface area contributed by atoms with Gasteiger partial charge in [-0.25, -0.2) is 0 Å². The van der Waals surface area contributed by atoms with Gasteiger partial charge in [-0.15, -0.1) is 11.8 Å². The first-order chi connectivity index (χ1) is 8.16.